The highest BCUT2D eigenvalue weighted by Crippen LogP contribution is 2.07. The molecule has 0 saturated heterocycles. The Labute approximate surface area is 111 Å². The quantitative estimate of drug-likeness (QED) is 0.587. The summed E-state index contributed by atoms with van der Waals surface area (Å²) in [6, 6.07) is 15.8. The molecule has 2 rings (SSSR count). The van der Waals surface area contributed by atoms with E-state index in [9.17, 15) is 9.18 Å². The first kappa shape index (κ1) is 13.4. The lowest BCUT2D eigenvalue weighted by atomic mass is 10.1. The van der Waals surface area contributed by atoms with Crippen molar-refractivity contribution >= 4 is 5.78 Å². The van der Waals surface area contributed by atoms with Crippen LogP contribution in [0.25, 0.3) is 0 Å². The van der Waals surface area contributed by atoms with Crippen LogP contribution >= 0.6 is 0 Å². The summed E-state index contributed by atoms with van der Waals surface area (Å²) in [5.74, 6) is -0.828. The molecule has 0 N–H and O–H groups in total. The molecule has 0 heterocycles. The molecule has 0 saturated carbocycles. The van der Waals surface area contributed by atoms with E-state index >= 15 is 0 Å². The average molecular weight is 258 g/mol. The van der Waals surface area contributed by atoms with Gasteiger partial charge in [0.05, 0.1) is 12.2 Å². The SMILES string of the molecule is O=C(COCCc1ccccc1)c1ccccc1F. The molecule has 0 bridgehead atoms. The smallest absolute Gasteiger partial charge is 0.191 e. The van der Waals surface area contributed by atoms with Crippen LogP contribution in [0.5, 0.6) is 0 Å². The molecule has 19 heavy (non-hydrogen) atoms. The van der Waals surface area contributed by atoms with Crippen LogP contribution in [-0.4, -0.2) is 19.0 Å². The van der Waals surface area contributed by atoms with E-state index in [0.29, 0.717) is 6.61 Å². The Hall–Kier alpha value is -2.00. The van der Waals surface area contributed by atoms with Crippen molar-refractivity contribution < 1.29 is 13.9 Å². The van der Waals surface area contributed by atoms with Gasteiger partial charge in [-0.1, -0.05) is 42.5 Å². The Morgan fingerprint density at radius 2 is 1.68 bits per heavy atom. The fraction of sp³-hybridized carbons (Fsp3) is 0.188. The van der Waals surface area contributed by atoms with Gasteiger partial charge in [0, 0.05) is 0 Å². The number of carbonyl (C=O) groups is 1. The van der Waals surface area contributed by atoms with Gasteiger partial charge in [0.1, 0.15) is 12.4 Å². The van der Waals surface area contributed by atoms with Gasteiger partial charge < -0.3 is 4.74 Å². The van der Waals surface area contributed by atoms with Crippen molar-refractivity contribution in [3.05, 3.63) is 71.5 Å². The third kappa shape index (κ3) is 4.00. The second-order valence-corrected chi connectivity index (χ2v) is 4.19. The van der Waals surface area contributed by atoms with Crippen LogP contribution < -0.4 is 0 Å². The second-order valence-electron chi connectivity index (χ2n) is 4.19. The van der Waals surface area contributed by atoms with E-state index in [2.05, 4.69) is 0 Å². The molecule has 98 valence electrons. The van der Waals surface area contributed by atoms with Crippen LogP contribution in [-0.2, 0) is 11.2 Å². The third-order valence-electron chi connectivity index (χ3n) is 2.79. The monoisotopic (exact) mass is 258 g/mol. The highest BCUT2D eigenvalue weighted by Gasteiger charge is 2.10. The highest BCUT2D eigenvalue weighted by atomic mass is 19.1. The zero-order valence-electron chi connectivity index (χ0n) is 10.5. The molecule has 0 aliphatic rings. The lowest BCUT2D eigenvalue weighted by Gasteiger charge is -2.05. The van der Waals surface area contributed by atoms with Crippen LogP contribution in [0.3, 0.4) is 0 Å². The second kappa shape index (κ2) is 6.81. The molecule has 3 heteroatoms. The Balaban J connectivity index is 1.77. The number of ketones is 1. The molecule has 0 aromatic heterocycles. The summed E-state index contributed by atoms with van der Waals surface area (Å²) in [4.78, 5) is 11.7. The molecule has 0 unspecified atom stereocenters. The van der Waals surface area contributed by atoms with E-state index in [1.165, 1.54) is 12.1 Å². The number of ether oxygens (including phenoxy) is 1. The number of benzene rings is 2. The zero-order chi connectivity index (χ0) is 13.5. The van der Waals surface area contributed by atoms with Crippen molar-refractivity contribution in [2.75, 3.05) is 13.2 Å². The molecule has 2 aromatic carbocycles. The van der Waals surface area contributed by atoms with Gasteiger partial charge in [0.25, 0.3) is 0 Å². The van der Waals surface area contributed by atoms with Crippen LogP contribution in [0.2, 0.25) is 0 Å². The molecule has 2 aromatic rings. The standard InChI is InChI=1S/C16H15FO2/c17-15-9-5-4-8-14(15)16(18)12-19-11-10-13-6-2-1-3-7-13/h1-9H,10-12H2. The molecule has 2 nitrogen and oxygen atoms in total. The normalized spacial score (nSPS) is 10.4. The summed E-state index contributed by atoms with van der Waals surface area (Å²) in [6.07, 6.45) is 0.741. The van der Waals surface area contributed by atoms with Crippen molar-refractivity contribution in [3.8, 4) is 0 Å². The summed E-state index contributed by atoms with van der Waals surface area (Å²) in [6.45, 7) is 0.359. The fourth-order valence-electron chi connectivity index (χ4n) is 1.76. The lowest BCUT2D eigenvalue weighted by molar-refractivity contribution is 0.0761. The number of hydrogen-bond donors (Lipinski definition) is 0. The molecule has 0 aliphatic heterocycles. The first-order valence-electron chi connectivity index (χ1n) is 6.17. The predicted octanol–water partition coefficient (Wildman–Crippen LogP) is 3.27. The van der Waals surface area contributed by atoms with E-state index in [1.807, 2.05) is 30.3 Å². The van der Waals surface area contributed by atoms with Gasteiger partial charge in [-0.2, -0.15) is 0 Å². The van der Waals surface area contributed by atoms with Crippen molar-refractivity contribution in [2.24, 2.45) is 0 Å². The highest BCUT2D eigenvalue weighted by molar-refractivity contribution is 5.97. The Bertz CT molecular complexity index is 537. The summed E-state index contributed by atoms with van der Waals surface area (Å²) in [7, 11) is 0. The van der Waals surface area contributed by atoms with Crippen molar-refractivity contribution in [2.45, 2.75) is 6.42 Å². The first-order chi connectivity index (χ1) is 9.27. The lowest BCUT2D eigenvalue weighted by Crippen LogP contribution is -2.12. The van der Waals surface area contributed by atoms with Crippen LogP contribution in [0.1, 0.15) is 15.9 Å². The Morgan fingerprint density at radius 3 is 2.42 bits per heavy atom. The molecular formula is C16H15FO2. The van der Waals surface area contributed by atoms with Crippen molar-refractivity contribution in [3.63, 3.8) is 0 Å². The molecule has 0 atom stereocenters. The summed E-state index contributed by atoms with van der Waals surface area (Å²) < 4.78 is 18.6. The van der Waals surface area contributed by atoms with Crippen LogP contribution in [0.15, 0.2) is 54.6 Å². The number of halogens is 1. The van der Waals surface area contributed by atoms with Gasteiger partial charge in [0.15, 0.2) is 5.78 Å². The van der Waals surface area contributed by atoms with Gasteiger partial charge >= 0.3 is 0 Å². The minimum Gasteiger partial charge on any atom is -0.373 e. The van der Waals surface area contributed by atoms with Crippen molar-refractivity contribution in [1.29, 1.82) is 0 Å². The van der Waals surface area contributed by atoms with Gasteiger partial charge in [-0.15, -0.1) is 0 Å². The summed E-state index contributed by atoms with van der Waals surface area (Å²) in [5, 5.41) is 0. The van der Waals surface area contributed by atoms with E-state index in [0.717, 1.165) is 12.0 Å². The number of hydrogen-bond acceptors (Lipinski definition) is 2. The minimum atomic E-state index is -0.501. The minimum absolute atomic E-state index is 0.0854. The van der Waals surface area contributed by atoms with Gasteiger partial charge in [-0.05, 0) is 24.1 Å². The predicted molar refractivity (Wildman–Crippen MR) is 71.7 cm³/mol. The summed E-state index contributed by atoms with van der Waals surface area (Å²) in [5.41, 5.74) is 1.24. The largest absolute Gasteiger partial charge is 0.373 e. The van der Waals surface area contributed by atoms with Crippen molar-refractivity contribution in [1.82, 2.24) is 0 Å². The van der Waals surface area contributed by atoms with Gasteiger partial charge in [0.2, 0.25) is 0 Å². The van der Waals surface area contributed by atoms with E-state index in [-0.39, 0.29) is 18.0 Å². The van der Waals surface area contributed by atoms with E-state index < -0.39 is 5.82 Å². The van der Waals surface area contributed by atoms with Crippen LogP contribution in [0, 0.1) is 5.82 Å². The van der Waals surface area contributed by atoms with Crippen LogP contribution in [0.4, 0.5) is 4.39 Å². The fourth-order valence-corrected chi connectivity index (χ4v) is 1.76. The van der Waals surface area contributed by atoms with Gasteiger partial charge in [-0.3, -0.25) is 4.79 Å². The van der Waals surface area contributed by atoms with E-state index in [4.69, 9.17) is 4.74 Å². The molecular weight excluding hydrogens is 243 g/mol. The maximum atomic E-state index is 13.3. The average Bonchev–Trinajstić information content (AvgIpc) is 2.45. The molecule has 0 spiro atoms. The maximum Gasteiger partial charge on any atom is 0.191 e. The topological polar surface area (TPSA) is 26.3 Å². The summed E-state index contributed by atoms with van der Waals surface area (Å²) >= 11 is 0. The first-order valence-corrected chi connectivity index (χ1v) is 6.17. The maximum absolute atomic E-state index is 13.3. The molecule has 0 fully saturated rings. The van der Waals surface area contributed by atoms with E-state index in [1.54, 1.807) is 12.1 Å². The number of carbonyl (C=O) groups excluding carboxylic acids is 1. The molecule has 0 aliphatic carbocycles. The number of Topliss-reactive ketones (excluding diaryl/α,β-unsaturated/α-hetero) is 1. The molecule has 0 radical (unpaired) electrons. The third-order valence-corrected chi connectivity index (χ3v) is 2.79. The number of rotatable bonds is 6. The van der Waals surface area contributed by atoms with Gasteiger partial charge in [-0.25, -0.2) is 4.39 Å². The Kier molecular flexibility index (Phi) is 4.81. The Morgan fingerprint density at radius 1 is 1.00 bits per heavy atom. The zero-order valence-corrected chi connectivity index (χ0v) is 10.5. The molecule has 0 amide bonds.